The number of hydrogen-bond acceptors (Lipinski definition) is 7. The van der Waals surface area contributed by atoms with Gasteiger partial charge in [-0.1, -0.05) is 6.07 Å². The average Bonchev–Trinajstić information content (AvgIpc) is 2.74. The molecule has 10 heteroatoms. The van der Waals surface area contributed by atoms with Crippen molar-refractivity contribution in [3.05, 3.63) is 47.4 Å². The van der Waals surface area contributed by atoms with Gasteiger partial charge >= 0.3 is 0 Å². The van der Waals surface area contributed by atoms with E-state index in [4.69, 9.17) is 25.0 Å². The maximum absolute atomic E-state index is 14.5. The molecule has 0 radical (unpaired) electrons. The van der Waals surface area contributed by atoms with E-state index in [1.807, 2.05) is 13.8 Å². The standard InChI is InChI=1S/C21H24FN5O4/c1-12(2)27(11-23)20(24)16-5-4-6-19(25-16)26-21(28)14-7-18-17(8-15(14)22)30-10-13(31-18)9-29-3/h4-8,11-13,23-24H,9-10H2,1-3H3,(H,25,26,28). The van der Waals surface area contributed by atoms with Crippen molar-refractivity contribution in [2.45, 2.75) is 26.0 Å². The molecule has 0 spiro atoms. The van der Waals surface area contributed by atoms with Crippen molar-refractivity contribution in [1.82, 2.24) is 9.88 Å². The first-order valence-electron chi connectivity index (χ1n) is 9.62. The van der Waals surface area contributed by atoms with E-state index >= 15 is 0 Å². The van der Waals surface area contributed by atoms with Gasteiger partial charge in [0.1, 0.15) is 23.9 Å². The van der Waals surface area contributed by atoms with E-state index in [-0.39, 0.29) is 53.2 Å². The number of nitrogens with zero attached hydrogens (tertiary/aromatic N) is 2. The van der Waals surface area contributed by atoms with Gasteiger partial charge in [0, 0.05) is 19.2 Å². The van der Waals surface area contributed by atoms with Crippen LogP contribution in [0.2, 0.25) is 0 Å². The highest BCUT2D eigenvalue weighted by Gasteiger charge is 2.25. The van der Waals surface area contributed by atoms with E-state index in [2.05, 4.69) is 10.3 Å². The molecule has 1 aliphatic rings. The zero-order valence-electron chi connectivity index (χ0n) is 17.4. The molecule has 31 heavy (non-hydrogen) atoms. The van der Waals surface area contributed by atoms with Crippen molar-refractivity contribution in [2.75, 3.05) is 25.6 Å². The first-order chi connectivity index (χ1) is 14.8. The molecule has 0 saturated heterocycles. The maximum atomic E-state index is 14.5. The number of nitrogens with one attached hydrogen (secondary N) is 3. The number of hydrogen-bond donors (Lipinski definition) is 3. The molecule has 1 aromatic carbocycles. The Labute approximate surface area is 179 Å². The molecule has 1 unspecified atom stereocenters. The van der Waals surface area contributed by atoms with Crippen molar-refractivity contribution in [3.63, 3.8) is 0 Å². The van der Waals surface area contributed by atoms with Crippen LogP contribution in [0.25, 0.3) is 0 Å². The summed E-state index contributed by atoms with van der Waals surface area (Å²) < 4.78 is 30.8. The van der Waals surface area contributed by atoms with Gasteiger partial charge in [-0.05, 0) is 32.0 Å². The highest BCUT2D eigenvalue weighted by atomic mass is 19.1. The third-order valence-electron chi connectivity index (χ3n) is 4.54. The number of ether oxygens (including phenoxy) is 3. The maximum Gasteiger partial charge on any atom is 0.259 e. The molecule has 1 amide bonds. The first kappa shape index (κ1) is 22.2. The number of aromatic nitrogens is 1. The Morgan fingerprint density at radius 2 is 2.19 bits per heavy atom. The zero-order chi connectivity index (χ0) is 22.5. The van der Waals surface area contributed by atoms with Crippen LogP contribution in [0.3, 0.4) is 0 Å². The summed E-state index contributed by atoms with van der Waals surface area (Å²) in [5.74, 6) is -0.856. The van der Waals surface area contributed by atoms with Gasteiger partial charge in [-0.15, -0.1) is 0 Å². The van der Waals surface area contributed by atoms with Crippen molar-refractivity contribution in [2.24, 2.45) is 0 Å². The SMILES string of the molecule is COCC1COc2cc(F)c(C(=O)Nc3cccc(C(=N)N(C=N)C(C)C)n3)cc2O1. The third-order valence-corrected chi connectivity index (χ3v) is 4.54. The van der Waals surface area contributed by atoms with Gasteiger partial charge in [-0.25, -0.2) is 9.37 Å². The van der Waals surface area contributed by atoms with Crippen molar-refractivity contribution in [3.8, 4) is 11.5 Å². The average molecular weight is 429 g/mol. The van der Waals surface area contributed by atoms with E-state index in [1.54, 1.807) is 12.1 Å². The van der Waals surface area contributed by atoms with Gasteiger partial charge < -0.3 is 24.4 Å². The molecule has 0 saturated carbocycles. The summed E-state index contributed by atoms with van der Waals surface area (Å²) in [6.07, 6.45) is 0.683. The Bertz CT molecular complexity index is 998. The van der Waals surface area contributed by atoms with Crippen LogP contribution in [0.4, 0.5) is 10.2 Å². The van der Waals surface area contributed by atoms with Crippen LogP contribution < -0.4 is 14.8 Å². The molecule has 9 nitrogen and oxygen atoms in total. The number of fused-ring (bicyclic) bond motifs is 1. The van der Waals surface area contributed by atoms with Crippen molar-refractivity contribution in [1.29, 1.82) is 10.8 Å². The Balaban J connectivity index is 1.80. The van der Waals surface area contributed by atoms with Gasteiger partial charge in [-0.2, -0.15) is 0 Å². The summed E-state index contributed by atoms with van der Waals surface area (Å²) in [6.45, 7) is 4.20. The highest BCUT2D eigenvalue weighted by Crippen LogP contribution is 2.34. The number of carbonyl (C=O) groups excluding carboxylic acids is 1. The summed E-state index contributed by atoms with van der Waals surface area (Å²) in [5.41, 5.74) is 0.0334. The topological polar surface area (TPSA) is 121 Å². The summed E-state index contributed by atoms with van der Waals surface area (Å²) >= 11 is 0. The molecule has 3 N–H and O–H groups in total. The lowest BCUT2D eigenvalue weighted by Gasteiger charge is -2.26. The molecule has 2 aromatic rings. The van der Waals surface area contributed by atoms with Gasteiger partial charge in [0.2, 0.25) is 0 Å². The zero-order valence-corrected chi connectivity index (χ0v) is 17.4. The Morgan fingerprint density at radius 1 is 1.42 bits per heavy atom. The summed E-state index contributed by atoms with van der Waals surface area (Å²) in [5, 5.41) is 18.3. The Kier molecular flexibility index (Phi) is 6.81. The second-order valence-corrected chi connectivity index (χ2v) is 7.13. The number of carbonyl (C=O) groups is 1. The lowest BCUT2D eigenvalue weighted by atomic mass is 10.1. The molecule has 164 valence electrons. The van der Waals surface area contributed by atoms with Gasteiger partial charge in [-0.3, -0.25) is 15.6 Å². The van der Waals surface area contributed by atoms with E-state index in [1.165, 1.54) is 24.1 Å². The van der Waals surface area contributed by atoms with Crippen molar-refractivity contribution >= 4 is 23.9 Å². The molecule has 0 bridgehead atoms. The number of methoxy groups -OCH3 is 1. The second-order valence-electron chi connectivity index (χ2n) is 7.13. The van der Waals surface area contributed by atoms with Crippen LogP contribution in [0, 0.1) is 16.6 Å². The predicted octanol–water partition coefficient (Wildman–Crippen LogP) is 2.90. The third kappa shape index (κ3) is 4.97. The Hall–Kier alpha value is -3.53. The fraction of sp³-hybridized carbons (Fsp3) is 0.333. The molecule has 1 atom stereocenters. The van der Waals surface area contributed by atoms with Crippen molar-refractivity contribution < 1.29 is 23.4 Å². The number of halogens is 1. The minimum atomic E-state index is -0.760. The highest BCUT2D eigenvalue weighted by molar-refractivity contribution is 6.05. The molecular weight excluding hydrogens is 405 g/mol. The van der Waals surface area contributed by atoms with E-state index < -0.39 is 11.7 Å². The molecule has 3 rings (SSSR count). The summed E-state index contributed by atoms with van der Waals surface area (Å²) in [4.78, 5) is 18.4. The molecular formula is C21H24FN5O4. The van der Waals surface area contributed by atoms with Crippen LogP contribution in [0.1, 0.15) is 29.9 Å². The Morgan fingerprint density at radius 3 is 2.87 bits per heavy atom. The number of amidine groups is 1. The molecule has 1 aromatic heterocycles. The molecule has 1 aliphatic heterocycles. The molecule has 0 fully saturated rings. The number of pyridine rings is 1. The van der Waals surface area contributed by atoms with Crippen LogP contribution in [0.15, 0.2) is 30.3 Å². The van der Waals surface area contributed by atoms with E-state index in [0.29, 0.717) is 6.61 Å². The van der Waals surface area contributed by atoms with Gasteiger partial charge in [0.25, 0.3) is 5.91 Å². The quantitative estimate of drug-likeness (QED) is 0.460. The van der Waals surface area contributed by atoms with Crippen LogP contribution in [-0.4, -0.2) is 60.4 Å². The predicted molar refractivity (Wildman–Crippen MR) is 113 cm³/mol. The minimum absolute atomic E-state index is 0.00999. The van der Waals surface area contributed by atoms with Crippen LogP contribution >= 0.6 is 0 Å². The largest absolute Gasteiger partial charge is 0.486 e. The lowest BCUT2D eigenvalue weighted by molar-refractivity contribution is 0.0269. The lowest BCUT2D eigenvalue weighted by Crippen LogP contribution is -2.36. The number of benzene rings is 1. The number of amides is 1. The normalized spacial score (nSPS) is 14.8. The van der Waals surface area contributed by atoms with Gasteiger partial charge in [0.15, 0.2) is 23.4 Å². The molecule has 2 heterocycles. The van der Waals surface area contributed by atoms with Crippen LogP contribution in [-0.2, 0) is 4.74 Å². The number of rotatable bonds is 7. The van der Waals surface area contributed by atoms with E-state index in [0.717, 1.165) is 12.4 Å². The fourth-order valence-corrected chi connectivity index (χ4v) is 3.00. The van der Waals surface area contributed by atoms with Gasteiger partial charge in [0.05, 0.1) is 18.5 Å². The fourth-order valence-electron chi connectivity index (χ4n) is 3.00. The number of anilines is 1. The minimum Gasteiger partial charge on any atom is -0.486 e. The van der Waals surface area contributed by atoms with Crippen LogP contribution in [0.5, 0.6) is 11.5 Å². The summed E-state index contributed by atoms with van der Waals surface area (Å²) in [6, 6.07) is 7.02. The smallest absolute Gasteiger partial charge is 0.259 e. The monoisotopic (exact) mass is 429 g/mol. The first-order valence-corrected chi connectivity index (χ1v) is 9.62. The molecule has 0 aliphatic carbocycles. The summed E-state index contributed by atoms with van der Waals surface area (Å²) in [7, 11) is 1.53. The second kappa shape index (κ2) is 9.52. The van der Waals surface area contributed by atoms with E-state index in [9.17, 15) is 9.18 Å².